The summed E-state index contributed by atoms with van der Waals surface area (Å²) in [4.78, 5) is 23.5. The second kappa shape index (κ2) is 8.39. The molecule has 2 heterocycles. The topological polar surface area (TPSA) is 58.1 Å². The number of likely N-dealkylation sites (tertiary alicyclic amines) is 1. The Kier molecular flexibility index (Phi) is 5.51. The van der Waals surface area contributed by atoms with Gasteiger partial charge in [-0.15, -0.1) is 0 Å². The zero-order valence-electron chi connectivity index (χ0n) is 16.3. The fourth-order valence-corrected chi connectivity index (χ4v) is 3.63. The smallest absolute Gasteiger partial charge is 0.256 e. The first-order valence-electron chi connectivity index (χ1n) is 9.80. The first-order valence-corrected chi connectivity index (χ1v) is 9.80. The van der Waals surface area contributed by atoms with Crippen molar-refractivity contribution in [3.8, 4) is 0 Å². The van der Waals surface area contributed by atoms with E-state index >= 15 is 0 Å². The molecule has 0 aliphatic carbocycles. The monoisotopic (exact) mass is 390 g/mol. The van der Waals surface area contributed by atoms with Gasteiger partial charge in [-0.25, -0.2) is 14.4 Å². The lowest BCUT2D eigenvalue weighted by molar-refractivity contribution is 0.0701. The van der Waals surface area contributed by atoms with Gasteiger partial charge in [0, 0.05) is 30.9 Å². The summed E-state index contributed by atoms with van der Waals surface area (Å²) >= 11 is 0. The summed E-state index contributed by atoms with van der Waals surface area (Å²) < 4.78 is 14.0. The maximum Gasteiger partial charge on any atom is 0.256 e. The van der Waals surface area contributed by atoms with Gasteiger partial charge in [0.1, 0.15) is 5.82 Å². The molecule has 148 valence electrons. The lowest BCUT2D eigenvalue weighted by Gasteiger charge is -2.32. The molecule has 6 heteroatoms. The predicted octanol–water partition coefficient (Wildman–Crippen LogP) is 4.69. The van der Waals surface area contributed by atoms with Crippen LogP contribution in [0.4, 0.5) is 16.0 Å². The Hall–Kier alpha value is -3.28. The second-order valence-electron chi connectivity index (χ2n) is 7.37. The molecule has 4 rings (SSSR count). The lowest BCUT2D eigenvalue weighted by atomic mass is 9.94. The minimum atomic E-state index is -0.480. The van der Waals surface area contributed by atoms with Crippen LogP contribution in [0.1, 0.15) is 40.4 Å². The number of piperidine rings is 1. The predicted molar refractivity (Wildman–Crippen MR) is 111 cm³/mol. The molecule has 0 bridgehead atoms. The van der Waals surface area contributed by atoms with E-state index in [-0.39, 0.29) is 17.4 Å². The molecule has 29 heavy (non-hydrogen) atoms. The first kappa shape index (κ1) is 19.1. The summed E-state index contributed by atoms with van der Waals surface area (Å²) in [6.07, 6.45) is 3.52. The van der Waals surface area contributed by atoms with Gasteiger partial charge in [0.05, 0.1) is 11.3 Å². The van der Waals surface area contributed by atoms with Crippen LogP contribution in [0.3, 0.4) is 0 Å². The summed E-state index contributed by atoms with van der Waals surface area (Å²) in [5, 5.41) is 3.23. The van der Waals surface area contributed by atoms with E-state index in [4.69, 9.17) is 0 Å². The normalized spacial score (nSPS) is 16.5. The molecule has 0 radical (unpaired) electrons. The zero-order chi connectivity index (χ0) is 20.2. The third-order valence-electron chi connectivity index (χ3n) is 5.22. The van der Waals surface area contributed by atoms with Crippen molar-refractivity contribution < 1.29 is 9.18 Å². The largest absolute Gasteiger partial charge is 0.338 e. The summed E-state index contributed by atoms with van der Waals surface area (Å²) in [6.45, 7) is 3.19. The molecule has 0 saturated carbocycles. The van der Waals surface area contributed by atoms with Crippen molar-refractivity contribution in [3.05, 3.63) is 83.4 Å². The maximum absolute atomic E-state index is 14.0. The van der Waals surface area contributed by atoms with E-state index in [1.807, 2.05) is 37.3 Å². The number of nitrogens with zero attached hydrogens (tertiary/aromatic N) is 3. The zero-order valence-corrected chi connectivity index (χ0v) is 16.3. The number of hydrogen-bond acceptors (Lipinski definition) is 4. The lowest BCUT2D eigenvalue weighted by Crippen LogP contribution is -2.39. The highest BCUT2D eigenvalue weighted by molar-refractivity contribution is 5.94. The number of hydrogen-bond donors (Lipinski definition) is 1. The Bertz CT molecular complexity index is 1010. The highest BCUT2D eigenvalue weighted by atomic mass is 19.1. The van der Waals surface area contributed by atoms with Crippen molar-refractivity contribution in [2.24, 2.45) is 0 Å². The summed E-state index contributed by atoms with van der Waals surface area (Å²) in [5.74, 6) is -0.115. The quantitative estimate of drug-likeness (QED) is 0.702. The van der Waals surface area contributed by atoms with Crippen LogP contribution >= 0.6 is 0 Å². The molecule has 0 spiro atoms. The van der Waals surface area contributed by atoms with Crippen LogP contribution < -0.4 is 5.32 Å². The van der Waals surface area contributed by atoms with Crippen LogP contribution in [0.5, 0.6) is 0 Å². The fourth-order valence-electron chi connectivity index (χ4n) is 3.63. The number of nitrogens with one attached hydrogen (secondary N) is 1. The molecule has 1 fully saturated rings. The average molecular weight is 390 g/mol. The molecule has 1 aromatic heterocycles. The molecule has 3 aromatic rings. The number of rotatable bonds is 4. The first-order chi connectivity index (χ1) is 14.1. The van der Waals surface area contributed by atoms with Crippen LogP contribution in [0.25, 0.3) is 0 Å². The molecule has 2 aromatic carbocycles. The maximum atomic E-state index is 14.0. The summed E-state index contributed by atoms with van der Waals surface area (Å²) in [5.41, 5.74) is 3.12. The molecule has 1 aliphatic heterocycles. The Morgan fingerprint density at radius 1 is 1.14 bits per heavy atom. The van der Waals surface area contributed by atoms with E-state index in [1.165, 1.54) is 17.7 Å². The van der Waals surface area contributed by atoms with Gasteiger partial charge in [0.15, 0.2) is 0 Å². The van der Waals surface area contributed by atoms with E-state index in [1.54, 1.807) is 23.2 Å². The van der Waals surface area contributed by atoms with Crippen molar-refractivity contribution in [2.75, 3.05) is 18.4 Å². The molecule has 0 unspecified atom stereocenters. The van der Waals surface area contributed by atoms with Crippen LogP contribution in [0.2, 0.25) is 0 Å². The summed E-state index contributed by atoms with van der Waals surface area (Å²) in [7, 11) is 0. The molecule has 1 atom stereocenters. The van der Waals surface area contributed by atoms with Gasteiger partial charge in [-0.05, 0) is 50.1 Å². The van der Waals surface area contributed by atoms with E-state index in [0.29, 0.717) is 19.0 Å². The van der Waals surface area contributed by atoms with Crippen LogP contribution in [0, 0.1) is 12.7 Å². The van der Waals surface area contributed by atoms with Gasteiger partial charge in [-0.2, -0.15) is 0 Å². The molecule has 1 amide bonds. The molecule has 1 aliphatic rings. The number of halogens is 1. The highest BCUT2D eigenvalue weighted by Gasteiger charge is 2.27. The Labute approximate surface area is 169 Å². The van der Waals surface area contributed by atoms with E-state index in [9.17, 15) is 9.18 Å². The van der Waals surface area contributed by atoms with Crippen molar-refractivity contribution in [1.82, 2.24) is 14.9 Å². The third kappa shape index (κ3) is 4.42. The Morgan fingerprint density at radius 2 is 1.93 bits per heavy atom. The van der Waals surface area contributed by atoms with Gasteiger partial charge >= 0.3 is 0 Å². The Morgan fingerprint density at radius 3 is 2.72 bits per heavy atom. The van der Waals surface area contributed by atoms with E-state index in [0.717, 1.165) is 24.2 Å². The van der Waals surface area contributed by atoms with Gasteiger partial charge in [0.2, 0.25) is 5.95 Å². The van der Waals surface area contributed by atoms with Gasteiger partial charge < -0.3 is 10.2 Å². The minimum absolute atomic E-state index is 0.0982. The van der Waals surface area contributed by atoms with Gasteiger partial charge in [0.25, 0.3) is 5.91 Å². The van der Waals surface area contributed by atoms with Crippen LogP contribution in [0.15, 0.2) is 60.8 Å². The van der Waals surface area contributed by atoms with E-state index < -0.39 is 5.82 Å². The van der Waals surface area contributed by atoms with Gasteiger partial charge in [-0.3, -0.25) is 4.79 Å². The number of amides is 1. The average Bonchev–Trinajstić information content (AvgIpc) is 2.76. The number of aromatic nitrogens is 2. The SMILES string of the molecule is Cc1ccc(Nc2nccc([C@@H]3CCCN(C(=O)c4ccccc4F)C3)n2)cc1. The standard InChI is InChI=1S/C23H23FN4O/c1-16-8-10-18(11-9-16)26-23-25-13-12-21(27-23)17-5-4-14-28(15-17)22(29)19-6-2-3-7-20(19)24/h2-3,6-13,17H,4-5,14-15H2,1H3,(H,25,26,27)/t17-/m1/s1. The van der Waals surface area contributed by atoms with Crippen LogP contribution in [-0.4, -0.2) is 33.9 Å². The molecule has 5 nitrogen and oxygen atoms in total. The van der Waals surface area contributed by atoms with Crippen molar-refractivity contribution >= 4 is 17.5 Å². The fraction of sp³-hybridized carbons (Fsp3) is 0.261. The third-order valence-corrected chi connectivity index (χ3v) is 5.22. The summed E-state index contributed by atoms with van der Waals surface area (Å²) in [6, 6.07) is 16.1. The molecular formula is C23H23FN4O. The van der Waals surface area contributed by atoms with Gasteiger partial charge in [-0.1, -0.05) is 29.8 Å². The number of aryl methyl sites for hydroxylation is 1. The van der Waals surface area contributed by atoms with Crippen molar-refractivity contribution in [2.45, 2.75) is 25.7 Å². The number of carbonyl (C=O) groups is 1. The highest BCUT2D eigenvalue weighted by Crippen LogP contribution is 2.27. The molecular weight excluding hydrogens is 367 g/mol. The second-order valence-corrected chi connectivity index (χ2v) is 7.37. The van der Waals surface area contributed by atoms with Crippen molar-refractivity contribution in [1.29, 1.82) is 0 Å². The molecule has 1 saturated heterocycles. The number of carbonyl (C=O) groups excluding carboxylic acids is 1. The van der Waals surface area contributed by atoms with Crippen molar-refractivity contribution in [3.63, 3.8) is 0 Å². The van der Waals surface area contributed by atoms with Crippen LogP contribution in [-0.2, 0) is 0 Å². The Balaban J connectivity index is 1.49. The number of benzene rings is 2. The molecule has 1 N–H and O–H groups in total. The number of anilines is 2. The minimum Gasteiger partial charge on any atom is -0.338 e. The van der Waals surface area contributed by atoms with E-state index in [2.05, 4.69) is 15.3 Å².